The Balaban J connectivity index is 2.62. The fraction of sp³-hybridized carbons (Fsp3) is 0.769. The second-order valence-corrected chi connectivity index (χ2v) is 4.79. The molecule has 0 radical (unpaired) electrons. The summed E-state index contributed by atoms with van der Waals surface area (Å²) in [6.07, 6.45) is -0.0355. The quantitative estimate of drug-likeness (QED) is 0.685. The summed E-state index contributed by atoms with van der Waals surface area (Å²) in [4.78, 5) is 35.9. The predicted molar refractivity (Wildman–Crippen MR) is 72.8 cm³/mol. The molecule has 120 valence electrons. The lowest BCUT2D eigenvalue weighted by atomic mass is 10.0. The topological polar surface area (TPSA) is 105 Å². The number of carboxylic acid groups (broad SMARTS) is 1. The van der Waals surface area contributed by atoms with Gasteiger partial charge in [0.15, 0.2) is 0 Å². The molecular formula is C13H22N2O6. The molecule has 8 nitrogen and oxygen atoms in total. The number of amides is 2. The number of alkyl carbamates (subject to hydrolysis) is 1. The van der Waals surface area contributed by atoms with Crippen LogP contribution in [0.15, 0.2) is 0 Å². The number of hydrogen-bond donors (Lipinski definition) is 2. The Morgan fingerprint density at radius 2 is 2.05 bits per heavy atom. The molecule has 0 aromatic carbocycles. The van der Waals surface area contributed by atoms with Crippen LogP contribution in [0.4, 0.5) is 4.79 Å². The maximum Gasteiger partial charge on any atom is 0.413 e. The summed E-state index contributed by atoms with van der Waals surface area (Å²) < 4.78 is 9.84. The van der Waals surface area contributed by atoms with Crippen LogP contribution >= 0.6 is 0 Å². The summed E-state index contributed by atoms with van der Waals surface area (Å²) in [7, 11) is 0. The molecular weight excluding hydrogens is 280 g/mol. The Hall–Kier alpha value is -1.67. The Morgan fingerprint density at radius 1 is 1.33 bits per heavy atom. The van der Waals surface area contributed by atoms with Gasteiger partial charge < -0.3 is 14.6 Å². The van der Waals surface area contributed by atoms with Crippen LogP contribution in [0.1, 0.15) is 20.3 Å². The van der Waals surface area contributed by atoms with Crippen molar-refractivity contribution in [1.82, 2.24) is 10.2 Å². The number of aliphatic carboxylic acids is 1. The smallest absolute Gasteiger partial charge is 0.413 e. The fourth-order valence-corrected chi connectivity index (χ4v) is 2.29. The molecule has 1 saturated heterocycles. The van der Waals surface area contributed by atoms with Crippen molar-refractivity contribution in [3.63, 3.8) is 0 Å². The van der Waals surface area contributed by atoms with E-state index in [0.717, 1.165) is 6.42 Å². The molecule has 2 amide bonds. The number of ether oxygens (including phenoxy) is 2. The van der Waals surface area contributed by atoms with Gasteiger partial charge in [-0.15, -0.1) is 0 Å². The zero-order valence-corrected chi connectivity index (χ0v) is 12.3. The molecule has 0 aromatic rings. The molecule has 2 unspecified atom stereocenters. The molecule has 21 heavy (non-hydrogen) atoms. The highest BCUT2D eigenvalue weighted by atomic mass is 16.5. The van der Waals surface area contributed by atoms with Gasteiger partial charge in [-0.25, -0.2) is 4.79 Å². The second kappa shape index (κ2) is 8.58. The van der Waals surface area contributed by atoms with E-state index in [4.69, 9.17) is 9.84 Å². The van der Waals surface area contributed by atoms with Gasteiger partial charge in [-0.05, 0) is 19.9 Å². The molecule has 1 heterocycles. The molecule has 1 aliphatic heterocycles. The average Bonchev–Trinajstić information content (AvgIpc) is 2.87. The Morgan fingerprint density at radius 3 is 2.62 bits per heavy atom. The third-order valence-corrected chi connectivity index (χ3v) is 3.21. The van der Waals surface area contributed by atoms with Crippen molar-refractivity contribution in [3.8, 4) is 0 Å². The fourth-order valence-electron chi connectivity index (χ4n) is 2.29. The third-order valence-electron chi connectivity index (χ3n) is 3.21. The highest BCUT2D eigenvalue weighted by Gasteiger charge is 2.38. The number of imide groups is 1. The predicted octanol–water partition coefficient (Wildman–Crippen LogP) is 0.0707. The molecule has 2 N–H and O–H groups in total. The van der Waals surface area contributed by atoms with Crippen molar-refractivity contribution >= 4 is 18.0 Å². The highest BCUT2D eigenvalue weighted by molar-refractivity contribution is 5.92. The minimum absolute atomic E-state index is 0.0650. The van der Waals surface area contributed by atoms with Gasteiger partial charge in [0, 0.05) is 6.04 Å². The normalized spacial score (nSPS) is 21.3. The van der Waals surface area contributed by atoms with E-state index in [1.165, 1.54) is 0 Å². The lowest BCUT2D eigenvalue weighted by Gasteiger charge is -2.29. The minimum Gasteiger partial charge on any atom is -0.481 e. The zero-order chi connectivity index (χ0) is 15.8. The Labute approximate surface area is 123 Å². The van der Waals surface area contributed by atoms with Gasteiger partial charge in [0.2, 0.25) is 5.91 Å². The monoisotopic (exact) mass is 302 g/mol. The maximum absolute atomic E-state index is 11.8. The lowest BCUT2D eigenvalue weighted by molar-refractivity contribution is -0.143. The molecule has 1 rings (SSSR count). The summed E-state index contributed by atoms with van der Waals surface area (Å²) in [6, 6.07) is -0.365. The highest BCUT2D eigenvalue weighted by Crippen LogP contribution is 2.20. The Bertz CT molecular complexity index is 387. The van der Waals surface area contributed by atoms with E-state index in [1.54, 1.807) is 11.8 Å². The number of carboxylic acids is 1. The van der Waals surface area contributed by atoms with E-state index in [2.05, 4.69) is 10.1 Å². The van der Waals surface area contributed by atoms with Gasteiger partial charge in [-0.1, -0.05) is 6.92 Å². The number of nitrogens with one attached hydrogen (secondary N) is 1. The standard InChI is InChI=1S/C13H22N2O6/c1-3-5-15(6-11(16)14-13(19)21-4-2)10-8-20-7-9(10)12(17)18/h9-10H,3-8H2,1-2H3,(H,17,18)(H,14,16,19). The lowest BCUT2D eigenvalue weighted by Crippen LogP contribution is -2.49. The van der Waals surface area contributed by atoms with Crippen LogP contribution < -0.4 is 5.32 Å². The van der Waals surface area contributed by atoms with Gasteiger partial charge in [0.25, 0.3) is 0 Å². The van der Waals surface area contributed by atoms with Crippen LogP contribution in [0.25, 0.3) is 0 Å². The summed E-state index contributed by atoms with van der Waals surface area (Å²) in [6.45, 7) is 4.64. The molecule has 8 heteroatoms. The van der Waals surface area contributed by atoms with Gasteiger partial charge in [-0.2, -0.15) is 0 Å². The van der Waals surface area contributed by atoms with Crippen LogP contribution in [-0.4, -0.2) is 66.9 Å². The van der Waals surface area contributed by atoms with Crippen molar-refractivity contribution in [3.05, 3.63) is 0 Å². The Kier molecular flexibility index (Phi) is 7.10. The number of carbonyl (C=O) groups excluding carboxylic acids is 2. The van der Waals surface area contributed by atoms with Crippen molar-refractivity contribution < 1.29 is 29.0 Å². The first kappa shape index (κ1) is 17.4. The summed E-state index contributed by atoms with van der Waals surface area (Å²) in [5, 5.41) is 11.3. The van der Waals surface area contributed by atoms with Crippen LogP contribution in [-0.2, 0) is 19.1 Å². The SMILES string of the molecule is CCCN(CC(=O)NC(=O)OCC)C1COCC1C(=O)O. The summed E-state index contributed by atoms with van der Waals surface area (Å²) >= 11 is 0. The van der Waals surface area contributed by atoms with Gasteiger partial charge in [-0.3, -0.25) is 19.8 Å². The first-order valence-electron chi connectivity index (χ1n) is 7.00. The van der Waals surface area contributed by atoms with E-state index in [9.17, 15) is 14.4 Å². The van der Waals surface area contributed by atoms with E-state index < -0.39 is 23.9 Å². The van der Waals surface area contributed by atoms with Crippen molar-refractivity contribution in [1.29, 1.82) is 0 Å². The zero-order valence-electron chi connectivity index (χ0n) is 12.3. The molecule has 0 aromatic heterocycles. The first-order chi connectivity index (χ1) is 9.99. The average molecular weight is 302 g/mol. The van der Waals surface area contributed by atoms with Crippen molar-refractivity contribution in [2.75, 3.05) is 32.9 Å². The van der Waals surface area contributed by atoms with Crippen molar-refractivity contribution in [2.45, 2.75) is 26.3 Å². The molecule has 0 aliphatic carbocycles. The molecule has 0 spiro atoms. The molecule has 1 aliphatic rings. The van der Waals surface area contributed by atoms with Crippen LogP contribution in [0.5, 0.6) is 0 Å². The first-order valence-corrected chi connectivity index (χ1v) is 7.00. The molecule has 1 fully saturated rings. The van der Waals surface area contributed by atoms with E-state index in [1.807, 2.05) is 6.92 Å². The van der Waals surface area contributed by atoms with Crippen LogP contribution in [0, 0.1) is 5.92 Å². The van der Waals surface area contributed by atoms with E-state index in [-0.39, 0.29) is 32.4 Å². The third kappa shape index (κ3) is 5.31. The molecule has 2 atom stereocenters. The summed E-state index contributed by atoms with van der Waals surface area (Å²) in [5.74, 6) is -2.12. The number of hydrogen-bond acceptors (Lipinski definition) is 6. The number of nitrogens with zero attached hydrogens (tertiary/aromatic N) is 1. The minimum atomic E-state index is -0.940. The van der Waals surface area contributed by atoms with Crippen LogP contribution in [0.2, 0.25) is 0 Å². The summed E-state index contributed by atoms with van der Waals surface area (Å²) in [5.41, 5.74) is 0. The van der Waals surface area contributed by atoms with Crippen molar-refractivity contribution in [2.24, 2.45) is 5.92 Å². The number of rotatable bonds is 7. The second-order valence-electron chi connectivity index (χ2n) is 4.79. The van der Waals surface area contributed by atoms with Gasteiger partial charge in [0.1, 0.15) is 0 Å². The van der Waals surface area contributed by atoms with Gasteiger partial charge in [0.05, 0.1) is 32.3 Å². The maximum atomic E-state index is 11.8. The van der Waals surface area contributed by atoms with Crippen LogP contribution in [0.3, 0.4) is 0 Å². The van der Waals surface area contributed by atoms with E-state index >= 15 is 0 Å². The largest absolute Gasteiger partial charge is 0.481 e. The van der Waals surface area contributed by atoms with Gasteiger partial charge >= 0.3 is 12.1 Å². The molecule has 0 saturated carbocycles. The molecule has 0 bridgehead atoms. The number of carbonyl (C=O) groups is 3. The van der Waals surface area contributed by atoms with E-state index in [0.29, 0.717) is 6.54 Å².